The summed E-state index contributed by atoms with van der Waals surface area (Å²) in [6.07, 6.45) is 0.756. The Morgan fingerprint density at radius 1 is 1.31 bits per heavy atom. The molecule has 0 unspecified atom stereocenters. The van der Waals surface area contributed by atoms with Crippen molar-refractivity contribution >= 4 is 28.7 Å². The molecular formula is C17H20N2O6S. The number of nitrogens with zero attached hydrogens (tertiary/aromatic N) is 2. The normalized spacial score (nSPS) is 10.7. The van der Waals surface area contributed by atoms with Gasteiger partial charge in [-0.1, -0.05) is 17.7 Å². The van der Waals surface area contributed by atoms with Gasteiger partial charge in [-0.25, -0.2) is 4.79 Å². The molecule has 1 rings (SSSR count). The Morgan fingerprint density at radius 3 is 2.46 bits per heavy atom. The predicted octanol–water partition coefficient (Wildman–Crippen LogP) is 2.71. The summed E-state index contributed by atoms with van der Waals surface area (Å²) in [7, 11) is 1.79. The third-order valence-corrected chi connectivity index (χ3v) is 3.98. The molecule has 0 fully saturated rings. The summed E-state index contributed by atoms with van der Waals surface area (Å²) in [5.74, 6) is 5.58. The van der Waals surface area contributed by atoms with Crippen LogP contribution in [0.25, 0.3) is 0 Å². The van der Waals surface area contributed by atoms with E-state index < -0.39 is 16.6 Å². The fourth-order valence-electron chi connectivity index (χ4n) is 1.66. The monoisotopic (exact) mass is 380 g/mol. The van der Waals surface area contributed by atoms with E-state index in [1.165, 1.54) is 24.3 Å². The summed E-state index contributed by atoms with van der Waals surface area (Å²) >= 11 is 1.05. The van der Waals surface area contributed by atoms with Crippen molar-refractivity contribution in [3.05, 3.63) is 34.4 Å². The van der Waals surface area contributed by atoms with Crippen LogP contribution in [0.1, 0.15) is 13.8 Å². The van der Waals surface area contributed by atoms with Crippen LogP contribution in [0.4, 0.5) is 10.5 Å². The highest BCUT2D eigenvalue weighted by Gasteiger charge is 2.21. The number of thioether (sulfide) groups is 1. The molecule has 0 saturated carbocycles. The summed E-state index contributed by atoms with van der Waals surface area (Å²) < 4.78 is 9.91. The second kappa shape index (κ2) is 9.79. The van der Waals surface area contributed by atoms with Crippen LogP contribution in [0.15, 0.2) is 24.3 Å². The summed E-state index contributed by atoms with van der Waals surface area (Å²) in [5.41, 5.74) is -0.674. The summed E-state index contributed by atoms with van der Waals surface area (Å²) in [6.45, 7) is 4.14. The lowest BCUT2D eigenvalue weighted by Crippen LogP contribution is -2.42. The van der Waals surface area contributed by atoms with E-state index in [0.29, 0.717) is 6.54 Å². The van der Waals surface area contributed by atoms with Crippen molar-refractivity contribution < 1.29 is 24.0 Å². The van der Waals surface area contributed by atoms with Crippen molar-refractivity contribution in [3.63, 3.8) is 0 Å². The highest BCUT2D eigenvalue weighted by Crippen LogP contribution is 2.17. The number of non-ortho nitro benzene ring substituents is 1. The van der Waals surface area contributed by atoms with Gasteiger partial charge in [0.2, 0.25) is 0 Å². The molecule has 26 heavy (non-hydrogen) atoms. The van der Waals surface area contributed by atoms with Crippen LogP contribution in [0.5, 0.6) is 5.75 Å². The molecule has 0 saturated heterocycles. The molecule has 0 aromatic heterocycles. The van der Waals surface area contributed by atoms with Crippen molar-refractivity contribution in [1.82, 2.24) is 4.90 Å². The Bertz CT molecular complexity index is 721. The van der Waals surface area contributed by atoms with Gasteiger partial charge in [0.05, 0.1) is 10.5 Å². The van der Waals surface area contributed by atoms with Crippen molar-refractivity contribution in [3.8, 4) is 17.6 Å². The zero-order valence-corrected chi connectivity index (χ0v) is 15.8. The Morgan fingerprint density at radius 2 is 1.92 bits per heavy atom. The number of carbonyl (C=O) groups is 2. The number of nitro groups is 1. The van der Waals surface area contributed by atoms with Gasteiger partial charge in [-0.05, 0) is 45.2 Å². The lowest BCUT2D eigenvalue weighted by atomic mass is 10.0. The van der Waals surface area contributed by atoms with E-state index >= 15 is 0 Å². The zero-order valence-electron chi connectivity index (χ0n) is 15.0. The number of hydrogen-bond donors (Lipinski definition) is 0. The number of ether oxygens (including phenoxy) is 2. The van der Waals surface area contributed by atoms with Crippen LogP contribution in [0.2, 0.25) is 0 Å². The second-order valence-electron chi connectivity index (χ2n) is 5.67. The molecule has 0 radical (unpaired) electrons. The lowest BCUT2D eigenvalue weighted by molar-refractivity contribution is -0.384. The van der Waals surface area contributed by atoms with Gasteiger partial charge >= 0.3 is 6.16 Å². The third-order valence-electron chi connectivity index (χ3n) is 3.51. The quantitative estimate of drug-likeness (QED) is 0.244. The maximum atomic E-state index is 11.6. The second-order valence-corrected chi connectivity index (χ2v) is 6.45. The first-order valence-corrected chi connectivity index (χ1v) is 8.79. The van der Waals surface area contributed by atoms with Crippen molar-refractivity contribution in [2.75, 3.05) is 26.5 Å². The minimum atomic E-state index is -0.909. The van der Waals surface area contributed by atoms with Crippen molar-refractivity contribution in [2.24, 2.45) is 0 Å². The Balaban J connectivity index is 2.46. The van der Waals surface area contributed by atoms with Crippen LogP contribution in [0.3, 0.4) is 0 Å². The topological polar surface area (TPSA) is 99.0 Å². The van der Waals surface area contributed by atoms with Gasteiger partial charge in [0.15, 0.2) is 0 Å². The zero-order chi connectivity index (χ0) is 19.7. The van der Waals surface area contributed by atoms with Gasteiger partial charge in [0.25, 0.3) is 10.8 Å². The van der Waals surface area contributed by atoms with E-state index in [0.717, 1.165) is 11.8 Å². The first-order valence-electron chi connectivity index (χ1n) is 7.57. The largest absolute Gasteiger partial charge is 0.513 e. The number of rotatable bonds is 6. The van der Waals surface area contributed by atoms with E-state index in [1.54, 1.807) is 13.3 Å². The SMILES string of the molecule is CSC(=O)C#CC(C)(C)N(C)CCOC(=O)Oc1ccc([N+](=O)[O-])cc1. The molecule has 1 aromatic carbocycles. The number of likely N-dealkylation sites (N-methyl/N-ethyl adjacent to an activating group) is 1. The van der Waals surface area contributed by atoms with E-state index in [1.807, 2.05) is 18.7 Å². The highest BCUT2D eigenvalue weighted by atomic mass is 32.2. The number of carbonyl (C=O) groups excluding carboxylic acids is 2. The van der Waals surface area contributed by atoms with Crippen LogP contribution in [-0.4, -0.2) is 53.1 Å². The van der Waals surface area contributed by atoms with Gasteiger partial charge in [0.1, 0.15) is 12.4 Å². The molecule has 0 bridgehead atoms. The molecule has 0 aliphatic rings. The van der Waals surface area contributed by atoms with Crippen LogP contribution < -0.4 is 4.74 Å². The van der Waals surface area contributed by atoms with Crippen LogP contribution in [-0.2, 0) is 9.53 Å². The fourth-order valence-corrected chi connectivity index (χ4v) is 1.81. The Hall–Kier alpha value is -2.57. The molecular weight excluding hydrogens is 360 g/mol. The first-order chi connectivity index (χ1) is 12.2. The molecule has 1 aromatic rings. The average Bonchev–Trinajstić information content (AvgIpc) is 2.59. The van der Waals surface area contributed by atoms with Gasteiger partial charge in [0, 0.05) is 18.7 Å². The van der Waals surface area contributed by atoms with Crippen LogP contribution in [0, 0.1) is 22.0 Å². The molecule has 0 heterocycles. The summed E-state index contributed by atoms with van der Waals surface area (Å²) in [5, 5.41) is 10.3. The predicted molar refractivity (Wildman–Crippen MR) is 98.1 cm³/mol. The van der Waals surface area contributed by atoms with E-state index in [-0.39, 0.29) is 23.2 Å². The van der Waals surface area contributed by atoms with Crippen LogP contribution >= 0.6 is 11.8 Å². The highest BCUT2D eigenvalue weighted by molar-refractivity contribution is 8.13. The van der Waals surface area contributed by atoms with Crippen molar-refractivity contribution in [2.45, 2.75) is 19.4 Å². The Kier molecular flexibility index (Phi) is 8.09. The maximum absolute atomic E-state index is 11.6. The molecule has 0 N–H and O–H groups in total. The van der Waals surface area contributed by atoms with E-state index in [4.69, 9.17) is 9.47 Å². The van der Waals surface area contributed by atoms with Gasteiger partial charge in [-0.3, -0.25) is 19.8 Å². The minimum absolute atomic E-state index is 0.0594. The maximum Gasteiger partial charge on any atom is 0.513 e. The lowest BCUT2D eigenvalue weighted by Gasteiger charge is -2.30. The van der Waals surface area contributed by atoms with E-state index in [2.05, 4.69) is 11.8 Å². The van der Waals surface area contributed by atoms with Gasteiger partial charge in [-0.2, -0.15) is 0 Å². The number of benzene rings is 1. The third kappa shape index (κ3) is 7.13. The summed E-state index contributed by atoms with van der Waals surface area (Å²) in [6, 6.07) is 5.08. The number of nitro benzene ring substituents is 1. The molecule has 9 heteroatoms. The molecule has 140 valence electrons. The first kappa shape index (κ1) is 21.5. The smallest absolute Gasteiger partial charge is 0.433 e. The molecule has 0 aliphatic carbocycles. The minimum Gasteiger partial charge on any atom is -0.433 e. The molecule has 0 aliphatic heterocycles. The molecule has 8 nitrogen and oxygen atoms in total. The van der Waals surface area contributed by atoms with Gasteiger partial charge in [-0.15, -0.1) is 0 Å². The molecule has 0 amide bonds. The standard InChI is InChI=1S/C17H20N2O6S/c1-17(2,10-9-15(20)26-4)18(3)11-12-24-16(21)25-14-7-5-13(6-8-14)19(22)23/h5-8H,11-12H2,1-4H3. The fraction of sp³-hybridized carbons (Fsp3) is 0.412. The number of hydrogen-bond acceptors (Lipinski definition) is 8. The summed E-state index contributed by atoms with van der Waals surface area (Å²) in [4.78, 5) is 34.8. The van der Waals surface area contributed by atoms with E-state index in [9.17, 15) is 19.7 Å². The molecule has 0 atom stereocenters. The van der Waals surface area contributed by atoms with Gasteiger partial charge < -0.3 is 9.47 Å². The molecule has 0 spiro atoms. The Labute approximate surface area is 156 Å². The average molecular weight is 380 g/mol. The van der Waals surface area contributed by atoms with Crippen molar-refractivity contribution in [1.29, 1.82) is 0 Å².